The molecule has 5 amide bonds. The second-order valence-electron chi connectivity index (χ2n) is 12.3. The highest BCUT2D eigenvalue weighted by molar-refractivity contribution is 6.23. The van der Waals surface area contributed by atoms with Crippen molar-refractivity contribution in [2.45, 2.75) is 77.0 Å². The van der Waals surface area contributed by atoms with E-state index in [0.717, 1.165) is 69.0 Å². The molecule has 1 aromatic rings. The van der Waals surface area contributed by atoms with Crippen LogP contribution < -0.4 is 15.5 Å². The van der Waals surface area contributed by atoms with Crippen molar-refractivity contribution in [3.8, 4) is 0 Å². The zero-order valence-corrected chi connectivity index (χ0v) is 23.5. The smallest absolute Gasteiger partial charge is 0.407 e. The number of fused-ring (bicyclic) bond motifs is 1. The van der Waals surface area contributed by atoms with Crippen molar-refractivity contribution in [2.75, 3.05) is 37.6 Å². The number of ether oxygens (including phenoxy) is 1. The maximum Gasteiger partial charge on any atom is 0.407 e. The van der Waals surface area contributed by atoms with Gasteiger partial charge in [0.25, 0.3) is 11.8 Å². The number of hydrogen-bond acceptors (Lipinski definition) is 8. The van der Waals surface area contributed by atoms with E-state index in [2.05, 4.69) is 20.4 Å². The van der Waals surface area contributed by atoms with Crippen LogP contribution >= 0.6 is 0 Å². The molecule has 11 nitrogen and oxygen atoms in total. The van der Waals surface area contributed by atoms with Gasteiger partial charge in [0, 0.05) is 50.9 Å². The van der Waals surface area contributed by atoms with E-state index in [0.29, 0.717) is 17.0 Å². The Balaban J connectivity index is 1.11. The number of benzene rings is 1. The van der Waals surface area contributed by atoms with E-state index >= 15 is 0 Å². The van der Waals surface area contributed by atoms with E-state index in [-0.39, 0.29) is 30.9 Å². The summed E-state index contributed by atoms with van der Waals surface area (Å²) in [6.07, 6.45) is 3.98. The van der Waals surface area contributed by atoms with E-state index < -0.39 is 29.4 Å². The standard InChI is InChI=1S/C29H39N5O6/c1-29(2,3)40-28(39)30-19-6-4-18(5-7-19)17-32-12-14-33(15-13-32)20-8-9-21-22(16-20)27(38)34(26(21)37)23-10-11-24(35)31-25(23)36/h8-9,16,18-19,23H,4-7,10-15,17H2,1-3H3,(H,30,39)(H,31,35,36)/t18?,19?,23-/m0/s1. The Kier molecular flexibility index (Phi) is 7.85. The largest absolute Gasteiger partial charge is 0.444 e. The van der Waals surface area contributed by atoms with Crippen molar-refractivity contribution in [3.05, 3.63) is 29.3 Å². The molecule has 3 aliphatic heterocycles. The van der Waals surface area contributed by atoms with Crippen LogP contribution in [-0.4, -0.2) is 89.9 Å². The lowest BCUT2D eigenvalue weighted by molar-refractivity contribution is -0.136. The zero-order chi connectivity index (χ0) is 28.6. The summed E-state index contributed by atoms with van der Waals surface area (Å²) in [6.45, 7) is 10.1. The first-order valence-corrected chi connectivity index (χ1v) is 14.3. The molecule has 11 heteroatoms. The molecule has 0 radical (unpaired) electrons. The average molecular weight is 554 g/mol. The minimum absolute atomic E-state index is 0.101. The van der Waals surface area contributed by atoms with E-state index in [4.69, 9.17) is 4.74 Å². The van der Waals surface area contributed by atoms with Gasteiger partial charge in [0.2, 0.25) is 11.8 Å². The number of amides is 5. The van der Waals surface area contributed by atoms with E-state index in [1.807, 2.05) is 26.8 Å². The van der Waals surface area contributed by atoms with Gasteiger partial charge in [0.1, 0.15) is 11.6 Å². The predicted octanol–water partition coefficient (Wildman–Crippen LogP) is 2.29. The summed E-state index contributed by atoms with van der Waals surface area (Å²) in [7, 11) is 0. The highest BCUT2D eigenvalue weighted by Crippen LogP contribution is 2.31. The minimum Gasteiger partial charge on any atom is -0.444 e. The summed E-state index contributed by atoms with van der Waals surface area (Å²) >= 11 is 0. The normalized spacial score (nSPS) is 26.0. The third kappa shape index (κ3) is 6.14. The van der Waals surface area contributed by atoms with Crippen molar-refractivity contribution in [1.29, 1.82) is 0 Å². The first kappa shape index (κ1) is 28.1. The van der Waals surface area contributed by atoms with Gasteiger partial charge in [0.15, 0.2) is 0 Å². The summed E-state index contributed by atoms with van der Waals surface area (Å²) < 4.78 is 5.38. The molecule has 1 aliphatic carbocycles. The lowest BCUT2D eigenvalue weighted by Gasteiger charge is -2.39. The summed E-state index contributed by atoms with van der Waals surface area (Å²) in [4.78, 5) is 67.7. The number of alkyl carbamates (subject to hydrolysis) is 1. The first-order chi connectivity index (χ1) is 19.0. The number of imide groups is 2. The maximum atomic E-state index is 13.2. The highest BCUT2D eigenvalue weighted by atomic mass is 16.6. The van der Waals surface area contributed by atoms with Gasteiger partial charge in [-0.25, -0.2) is 4.79 Å². The van der Waals surface area contributed by atoms with Crippen LogP contribution in [-0.2, 0) is 14.3 Å². The molecule has 1 atom stereocenters. The van der Waals surface area contributed by atoms with Crippen LogP contribution in [0, 0.1) is 5.92 Å². The van der Waals surface area contributed by atoms with E-state index in [1.165, 1.54) is 0 Å². The lowest BCUT2D eigenvalue weighted by Crippen LogP contribution is -2.54. The van der Waals surface area contributed by atoms with Gasteiger partial charge in [-0.2, -0.15) is 0 Å². The molecule has 0 bridgehead atoms. The average Bonchev–Trinajstić information content (AvgIpc) is 3.14. The number of carbonyl (C=O) groups excluding carboxylic acids is 5. The second-order valence-corrected chi connectivity index (χ2v) is 12.3. The Bertz CT molecular complexity index is 1190. The van der Waals surface area contributed by atoms with Crippen molar-refractivity contribution in [3.63, 3.8) is 0 Å². The molecular formula is C29H39N5O6. The van der Waals surface area contributed by atoms with Crippen LogP contribution in [0.3, 0.4) is 0 Å². The third-order valence-electron chi connectivity index (χ3n) is 8.24. The van der Waals surface area contributed by atoms with Gasteiger partial charge in [0.05, 0.1) is 11.1 Å². The lowest BCUT2D eigenvalue weighted by atomic mass is 9.85. The molecule has 2 saturated heterocycles. The summed E-state index contributed by atoms with van der Waals surface area (Å²) in [5.74, 6) is -1.35. The van der Waals surface area contributed by atoms with Gasteiger partial charge < -0.3 is 15.0 Å². The molecule has 5 rings (SSSR count). The van der Waals surface area contributed by atoms with Gasteiger partial charge in [-0.3, -0.25) is 34.3 Å². The van der Waals surface area contributed by atoms with E-state index in [9.17, 15) is 24.0 Å². The summed E-state index contributed by atoms with van der Waals surface area (Å²) in [5, 5.41) is 5.24. The first-order valence-electron chi connectivity index (χ1n) is 14.3. The number of nitrogens with one attached hydrogen (secondary N) is 2. The number of hydrogen-bond donors (Lipinski definition) is 2. The minimum atomic E-state index is -0.958. The van der Waals surface area contributed by atoms with Gasteiger partial charge in [-0.1, -0.05) is 0 Å². The monoisotopic (exact) mass is 553 g/mol. The van der Waals surface area contributed by atoms with Crippen LogP contribution in [0.25, 0.3) is 0 Å². The fourth-order valence-electron chi connectivity index (χ4n) is 6.17. The van der Waals surface area contributed by atoms with Crippen LogP contribution in [0.2, 0.25) is 0 Å². The molecule has 1 aromatic carbocycles. The van der Waals surface area contributed by atoms with Gasteiger partial charge in [-0.05, 0) is 77.0 Å². The SMILES string of the molecule is CC(C)(C)OC(=O)NC1CCC(CN2CCN(c3ccc4c(c3)C(=O)N([C@H]3CCC(=O)NC3=O)C4=O)CC2)CC1. The Morgan fingerprint density at radius 3 is 2.27 bits per heavy atom. The fraction of sp³-hybridized carbons (Fsp3) is 0.621. The Morgan fingerprint density at radius 2 is 1.62 bits per heavy atom. The molecule has 2 N–H and O–H groups in total. The van der Waals surface area contributed by atoms with Crippen LogP contribution in [0.4, 0.5) is 10.5 Å². The van der Waals surface area contributed by atoms with Crippen LogP contribution in [0.1, 0.15) is 80.0 Å². The van der Waals surface area contributed by atoms with Crippen molar-refractivity contribution in [1.82, 2.24) is 20.4 Å². The molecule has 1 saturated carbocycles. The molecule has 0 spiro atoms. The van der Waals surface area contributed by atoms with Crippen LogP contribution in [0.5, 0.6) is 0 Å². The third-order valence-corrected chi connectivity index (χ3v) is 8.24. The highest BCUT2D eigenvalue weighted by Gasteiger charge is 2.44. The van der Waals surface area contributed by atoms with Crippen molar-refractivity contribution >= 4 is 35.4 Å². The number of nitrogens with zero attached hydrogens (tertiary/aromatic N) is 3. The summed E-state index contributed by atoms with van der Waals surface area (Å²) in [6, 6.07) is 4.51. The Hall–Kier alpha value is -3.47. The summed E-state index contributed by atoms with van der Waals surface area (Å²) in [5.41, 5.74) is 1.00. The Morgan fingerprint density at radius 1 is 0.950 bits per heavy atom. The molecule has 3 fully saturated rings. The number of piperidine rings is 1. The quantitative estimate of drug-likeness (QED) is 0.532. The molecule has 4 aliphatic rings. The molecule has 0 unspecified atom stereocenters. The number of piperazine rings is 1. The molecular weight excluding hydrogens is 514 g/mol. The molecule has 3 heterocycles. The van der Waals surface area contributed by atoms with Crippen molar-refractivity contribution < 1.29 is 28.7 Å². The molecule has 40 heavy (non-hydrogen) atoms. The van der Waals surface area contributed by atoms with Crippen LogP contribution in [0.15, 0.2) is 18.2 Å². The number of anilines is 1. The Labute approximate surface area is 234 Å². The van der Waals surface area contributed by atoms with Gasteiger partial charge in [-0.15, -0.1) is 0 Å². The topological polar surface area (TPSA) is 128 Å². The molecule has 0 aromatic heterocycles. The van der Waals surface area contributed by atoms with Gasteiger partial charge >= 0.3 is 6.09 Å². The number of rotatable bonds is 5. The number of carbonyl (C=O) groups is 5. The molecule has 216 valence electrons. The second kappa shape index (κ2) is 11.2. The predicted molar refractivity (Wildman–Crippen MR) is 147 cm³/mol. The fourth-order valence-corrected chi connectivity index (χ4v) is 6.17. The van der Waals surface area contributed by atoms with E-state index in [1.54, 1.807) is 12.1 Å². The maximum absolute atomic E-state index is 13.2. The zero-order valence-electron chi connectivity index (χ0n) is 23.5. The van der Waals surface area contributed by atoms with Crippen molar-refractivity contribution in [2.24, 2.45) is 5.92 Å².